The molecule has 0 unspecified atom stereocenters. The summed E-state index contributed by atoms with van der Waals surface area (Å²) in [4.78, 5) is 0. The minimum Gasteiger partial charge on any atom is -0.497 e. The first-order chi connectivity index (χ1) is 7.88. The van der Waals surface area contributed by atoms with Crippen LogP contribution in [0.15, 0.2) is 18.2 Å². The Balaban J connectivity index is 3.14. The molecule has 2 N–H and O–H groups in total. The van der Waals surface area contributed by atoms with Gasteiger partial charge in [0.25, 0.3) is 0 Å². The highest BCUT2D eigenvalue weighted by molar-refractivity contribution is 5.37. The Morgan fingerprint density at radius 1 is 1.29 bits per heavy atom. The largest absolute Gasteiger partial charge is 0.497 e. The minimum absolute atomic E-state index is 0.182. The Morgan fingerprint density at radius 3 is 2.41 bits per heavy atom. The van der Waals surface area contributed by atoms with Gasteiger partial charge in [-0.1, -0.05) is 13.3 Å². The van der Waals surface area contributed by atoms with E-state index in [1.54, 1.807) is 6.07 Å². The van der Waals surface area contributed by atoms with Gasteiger partial charge in [0.05, 0.1) is 12.7 Å². The third kappa shape index (κ3) is 3.63. The van der Waals surface area contributed by atoms with Gasteiger partial charge in [-0.05, 0) is 30.2 Å². The summed E-state index contributed by atoms with van der Waals surface area (Å²) in [6, 6.07) is 3.22. The van der Waals surface area contributed by atoms with Crippen molar-refractivity contribution in [2.24, 2.45) is 5.73 Å². The molecule has 0 aliphatic heterocycles. The Morgan fingerprint density at radius 2 is 1.94 bits per heavy atom. The number of hydrogen-bond acceptors (Lipinski definition) is 2. The van der Waals surface area contributed by atoms with E-state index >= 15 is 0 Å². The van der Waals surface area contributed by atoms with Gasteiger partial charge >= 0.3 is 6.18 Å². The first-order valence-electron chi connectivity index (χ1n) is 5.40. The molecule has 0 spiro atoms. The molecule has 0 radical (unpaired) electrons. The number of hydrogen-bond donors (Lipinski definition) is 1. The molecule has 2 nitrogen and oxygen atoms in total. The van der Waals surface area contributed by atoms with Gasteiger partial charge in [0.1, 0.15) is 5.75 Å². The lowest BCUT2D eigenvalue weighted by Crippen LogP contribution is -2.12. The van der Waals surface area contributed by atoms with Crippen LogP contribution in [0.1, 0.15) is 36.9 Å². The summed E-state index contributed by atoms with van der Waals surface area (Å²) in [6.07, 6.45) is -2.92. The van der Waals surface area contributed by atoms with Crippen LogP contribution in [0.3, 0.4) is 0 Å². The van der Waals surface area contributed by atoms with Crippen LogP contribution in [0.4, 0.5) is 13.2 Å². The molecule has 0 fully saturated rings. The predicted octanol–water partition coefficient (Wildman–Crippen LogP) is 3.51. The minimum atomic E-state index is -4.38. The molecular weight excluding hydrogens is 231 g/mol. The summed E-state index contributed by atoms with van der Waals surface area (Å²) >= 11 is 0. The van der Waals surface area contributed by atoms with Crippen molar-refractivity contribution < 1.29 is 17.9 Å². The smallest absolute Gasteiger partial charge is 0.416 e. The molecule has 0 aromatic heterocycles. The number of ether oxygens (including phenoxy) is 1. The van der Waals surface area contributed by atoms with Gasteiger partial charge in [0.15, 0.2) is 0 Å². The lowest BCUT2D eigenvalue weighted by atomic mass is 10.0. The maximum absolute atomic E-state index is 12.6. The fraction of sp³-hybridized carbons (Fsp3) is 0.500. The summed E-state index contributed by atoms with van der Waals surface area (Å²) < 4.78 is 42.8. The van der Waals surface area contributed by atoms with Gasteiger partial charge in [-0.3, -0.25) is 0 Å². The molecule has 1 atom stereocenters. The van der Waals surface area contributed by atoms with Crippen molar-refractivity contribution in [3.05, 3.63) is 29.3 Å². The fourth-order valence-corrected chi connectivity index (χ4v) is 1.60. The van der Waals surface area contributed by atoms with Crippen LogP contribution in [0.5, 0.6) is 5.75 Å². The van der Waals surface area contributed by atoms with E-state index < -0.39 is 17.8 Å². The molecule has 0 aliphatic carbocycles. The van der Waals surface area contributed by atoms with Crippen LogP contribution in [-0.2, 0) is 6.18 Å². The van der Waals surface area contributed by atoms with Crippen LogP contribution < -0.4 is 10.5 Å². The summed E-state index contributed by atoms with van der Waals surface area (Å²) in [7, 11) is 1.34. The second-order valence-corrected chi connectivity index (χ2v) is 3.89. The molecule has 0 heterocycles. The first kappa shape index (κ1) is 13.8. The number of benzene rings is 1. The van der Waals surface area contributed by atoms with Gasteiger partial charge in [-0.15, -0.1) is 0 Å². The van der Waals surface area contributed by atoms with E-state index in [1.807, 2.05) is 6.92 Å². The summed E-state index contributed by atoms with van der Waals surface area (Å²) in [5, 5.41) is 0. The molecule has 5 heteroatoms. The second kappa shape index (κ2) is 5.40. The zero-order chi connectivity index (χ0) is 13.1. The molecule has 0 amide bonds. The van der Waals surface area contributed by atoms with E-state index in [9.17, 15) is 13.2 Å². The second-order valence-electron chi connectivity index (χ2n) is 3.89. The highest BCUT2D eigenvalue weighted by Gasteiger charge is 2.31. The third-order valence-corrected chi connectivity index (χ3v) is 2.52. The topological polar surface area (TPSA) is 35.2 Å². The molecule has 17 heavy (non-hydrogen) atoms. The standard InChI is InChI=1S/C12H16F3NO/c1-3-4-11(16)8-5-9(12(13,14)15)7-10(6-8)17-2/h5-7,11H,3-4,16H2,1-2H3/t11-/m0/s1. The van der Waals surface area contributed by atoms with Crippen molar-refractivity contribution >= 4 is 0 Å². The zero-order valence-electron chi connectivity index (χ0n) is 9.84. The first-order valence-corrected chi connectivity index (χ1v) is 5.40. The van der Waals surface area contributed by atoms with Crippen molar-refractivity contribution in [1.82, 2.24) is 0 Å². The Hall–Kier alpha value is -1.23. The van der Waals surface area contributed by atoms with Crippen LogP contribution in [-0.4, -0.2) is 7.11 Å². The van der Waals surface area contributed by atoms with E-state index in [0.717, 1.165) is 18.6 Å². The van der Waals surface area contributed by atoms with Gasteiger partial charge in [0.2, 0.25) is 0 Å². The molecular formula is C12H16F3NO. The fourth-order valence-electron chi connectivity index (χ4n) is 1.60. The molecule has 1 rings (SSSR count). The lowest BCUT2D eigenvalue weighted by Gasteiger charge is -2.15. The monoisotopic (exact) mass is 247 g/mol. The highest BCUT2D eigenvalue weighted by atomic mass is 19.4. The molecule has 1 aromatic rings. The normalized spacial score (nSPS) is 13.5. The zero-order valence-corrected chi connectivity index (χ0v) is 9.84. The molecule has 0 aliphatic rings. The number of halogens is 3. The number of methoxy groups -OCH3 is 1. The van der Waals surface area contributed by atoms with Gasteiger partial charge in [-0.25, -0.2) is 0 Å². The Kier molecular flexibility index (Phi) is 4.40. The quantitative estimate of drug-likeness (QED) is 0.883. The van der Waals surface area contributed by atoms with Gasteiger partial charge in [-0.2, -0.15) is 13.2 Å². The summed E-state index contributed by atoms with van der Waals surface area (Å²) in [5.41, 5.74) is 5.55. The van der Waals surface area contributed by atoms with Crippen molar-refractivity contribution in [2.75, 3.05) is 7.11 Å². The van der Waals surface area contributed by atoms with Crippen molar-refractivity contribution in [3.63, 3.8) is 0 Å². The maximum Gasteiger partial charge on any atom is 0.416 e. The molecule has 96 valence electrons. The average Bonchev–Trinajstić information content (AvgIpc) is 2.27. The predicted molar refractivity (Wildman–Crippen MR) is 59.8 cm³/mol. The summed E-state index contributed by atoms with van der Waals surface area (Å²) in [6.45, 7) is 1.94. The van der Waals surface area contributed by atoms with Crippen LogP contribution in [0.2, 0.25) is 0 Å². The van der Waals surface area contributed by atoms with Crippen LogP contribution in [0.25, 0.3) is 0 Å². The van der Waals surface area contributed by atoms with Crippen LogP contribution >= 0.6 is 0 Å². The van der Waals surface area contributed by atoms with E-state index in [4.69, 9.17) is 10.5 Å². The molecule has 0 bridgehead atoms. The number of alkyl halides is 3. The SMILES string of the molecule is CCC[C@H](N)c1cc(OC)cc(C(F)(F)F)c1. The molecule has 0 saturated heterocycles. The van der Waals surface area contributed by atoms with E-state index in [-0.39, 0.29) is 5.75 Å². The third-order valence-electron chi connectivity index (χ3n) is 2.52. The number of rotatable bonds is 4. The van der Waals surface area contributed by atoms with Crippen molar-refractivity contribution in [1.29, 1.82) is 0 Å². The Bertz CT molecular complexity index is 377. The van der Waals surface area contributed by atoms with Crippen molar-refractivity contribution in [3.8, 4) is 5.75 Å². The summed E-state index contributed by atoms with van der Waals surface area (Å²) in [5.74, 6) is 0.182. The van der Waals surface area contributed by atoms with E-state index in [2.05, 4.69) is 0 Å². The van der Waals surface area contributed by atoms with Gasteiger partial charge < -0.3 is 10.5 Å². The lowest BCUT2D eigenvalue weighted by molar-refractivity contribution is -0.137. The molecule has 0 saturated carbocycles. The average molecular weight is 247 g/mol. The van der Waals surface area contributed by atoms with Crippen LogP contribution in [0, 0.1) is 0 Å². The van der Waals surface area contributed by atoms with Crippen molar-refractivity contribution in [2.45, 2.75) is 32.0 Å². The van der Waals surface area contributed by atoms with E-state index in [1.165, 1.54) is 7.11 Å². The van der Waals surface area contributed by atoms with E-state index in [0.29, 0.717) is 12.0 Å². The molecule has 1 aromatic carbocycles. The highest BCUT2D eigenvalue weighted by Crippen LogP contribution is 2.34. The maximum atomic E-state index is 12.6. The van der Waals surface area contributed by atoms with Gasteiger partial charge in [0, 0.05) is 6.04 Å². The number of nitrogens with two attached hydrogens (primary N) is 1. The Labute approximate surface area is 98.6 Å².